The number of aliphatic hydroxyl groups is 1. The van der Waals surface area contributed by atoms with Crippen molar-refractivity contribution in [2.75, 3.05) is 33.8 Å². The predicted molar refractivity (Wildman–Crippen MR) is 62.0 cm³/mol. The SMILES string of the molecule is CN(C)CC(=O)N1CC[C@@]2(CO)CCC[C@@H]12. The summed E-state index contributed by atoms with van der Waals surface area (Å²) in [4.78, 5) is 16.0. The second-order valence-electron chi connectivity index (χ2n) is 5.50. The fraction of sp³-hybridized carbons (Fsp3) is 0.917. The van der Waals surface area contributed by atoms with Gasteiger partial charge in [0.05, 0.1) is 13.2 Å². The highest BCUT2D eigenvalue weighted by atomic mass is 16.3. The Morgan fingerprint density at radius 3 is 2.88 bits per heavy atom. The Bertz CT molecular complexity index is 280. The van der Waals surface area contributed by atoms with Crippen LogP contribution < -0.4 is 0 Å². The molecule has 16 heavy (non-hydrogen) atoms. The van der Waals surface area contributed by atoms with Crippen molar-refractivity contribution in [3.63, 3.8) is 0 Å². The Morgan fingerprint density at radius 2 is 2.25 bits per heavy atom. The first kappa shape index (κ1) is 11.9. The average Bonchev–Trinajstić information content (AvgIpc) is 2.73. The molecule has 4 nitrogen and oxygen atoms in total. The third-order valence-electron chi connectivity index (χ3n) is 4.17. The van der Waals surface area contributed by atoms with Gasteiger partial charge in [-0.3, -0.25) is 4.79 Å². The molecule has 2 rings (SSSR count). The van der Waals surface area contributed by atoms with E-state index in [2.05, 4.69) is 0 Å². The fourth-order valence-corrected chi connectivity index (χ4v) is 3.32. The van der Waals surface area contributed by atoms with Crippen molar-refractivity contribution in [2.45, 2.75) is 31.7 Å². The van der Waals surface area contributed by atoms with Gasteiger partial charge in [-0.1, -0.05) is 6.42 Å². The van der Waals surface area contributed by atoms with Crippen LogP contribution in [0.15, 0.2) is 0 Å². The van der Waals surface area contributed by atoms with Crippen LogP contribution in [-0.4, -0.2) is 60.6 Å². The van der Waals surface area contributed by atoms with E-state index in [1.54, 1.807) is 0 Å². The van der Waals surface area contributed by atoms with E-state index >= 15 is 0 Å². The highest BCUT2D eigenvalue weighted by Gasteiger charge is 2.51. The summed E-state index contributed by atoms with van der Waals surface area (Å²) in [6.45, 7) is 1.55. The lowest BCUT2D eigenvalue weighted by molar-refractivity contribution is -0.133. The van der Waals surface area contributed by atoms with Crippen LogP contribution in [0.5, 0.6) is 0 Å². The van der Waals surface area contributed by atoms with E-state index in [4.69, 9.17) is 0 Å². The molecule has 1 aliphatic carbocycles. The Kier molecular flexibility index (Phi) is 3.22. The van der Waals surface area contributed by atoms with Crippen LogP contribution in [0.3, 0.4) is 0 Å². The van der Waals surface area contributed by atoms with Crippen LogP contribution in [0.4, 0.5) is 0 Å². The van der Waals surface area contributed by atoms with Crippen molar-refractivity contribution in [1.29, 1.82) is 0 Å². The van der Waals surface area contributed by atoms with Crippen molar-refractivity contribution in [1.82, 2.24) is 9.80 Å². The second kappa shape index (κ2) is 4.34. The number of carbonyl (C=O) groups is 1. The van der Waals surface area contributed by atoms with Crippen molar-refractivity contribution in [3.8, 4) is 0 Å². The minimum absolute atomic E-state index is 0.0297. The Balaban J connectivity index is 2.06. The smallest absolute Gasteiger partial charge is 0.236 e. The number of hydrogen-bond acceptors (Lipinski definition) is 3. The zero-order valence-electron chi connectivity index (χ0n) is 10.3. The number of aliphatic hydroxyl groups excluding tert-OH is 1. The zero-order valence-corrected chi connectivity index (χ0v) is 10.3. The molecule has 1 saturated heterocycles. The molecule has 0 radical (unpaired) electrons. The molecule has 0 aromatic carbocycles. The molecule has 4 heteroatoms. The Labute approximate surface area is 97.2 Å². The lowest BCUT2D eigenvalue weighted by atomic mass is 9.83. The minimum Gasteiger partial charge on any atom is -0.396 e. The molecule has 0 spiro atoms. The van der Waals surface area contributed by atoms with Gasteiger partial charge in [-0.05, 0) is 33.4 Å². The number of rotatable bonds is 3. The van der Waals surface area contributed by atoms with Crippen molar-refractivity contribution in [3.05, 3.63) is 0 Å². The summed E-state index contributed by atoms with van der Waals surface area (Å²) in [5.41, 5.74) is 0.0297. The normalized spacial score (nSPS) is 33.5. The van der Waals surface area contributed by atoms with Crippen molar-refractivity contribution in [2.24, 2.45) is 5.41 Å². The van der Waals surface area contributed by atoms with E-state index in [9.17, 15) is 9.90 Å². The zero-order chi connectivity index (χ0) is 11.8. The molecular weight excluding hydrogens is 204 g/mol. The van der Waals surface area contributed by atoms with E-state index in [0.29, 0.717) is 12.6 Å². The molecule has 1 heterocycles. The lowest BCUT2D eigenvalue weighted by Gasteiger charge is -2.31. The number of likely N-dealkylation sites (tertiary alicyclic amines) is 1. The van der Waals surface area contributed by atoms with Crippen LogP contribution >= 0.6 is 0 Å². The molecule has 0 unspecified atom stereocenters. The molecule has 1 saturated carbocycles. The van der Waals surface area contributed by atoms with Gasteiger partial charge in [0.1, 0.15) is 0 Å². The molecule has 1 N–H and O–H groups in total. The van der Waals surface area contributed by atoms with Crippen LogP contribution in [0, 0.1) is 5.41 Å². The van der Waals surface area contributed by atoms with E-state index in [0.717, 1.165) is 32.2 Å². The van der Waals surface area contributed by atoms with Gasteiger partial charge in [0.25, 0.3) is 0 Å². The molecule has 92 valence electrons. The van der Waals surface area contributed by atoms with Gasteiger partial charge in [0, 0.05) is 18.0 Å². The molecular formula is C12H22N2O2. The summed E-state index contributed by atoms with van der Waals surface area (Å²) >= 11 is 0. The molecule has 2 aliphatic rings. The van der Waals surface area contributed by atoms with Crippen LogP contribution in [0.2, 0.25) is 0 Å². The number of likely N-dealkylation sites (N-methyl/N-ethyl adjacent to an activating group) is 1. The predicted octanol–water partition coefficient (Wildman–Crippen LogP) is 0.311. The van der Waals surface area contributed by atoms with Gasteiger partial charge in [-0.15, -0.1) is 0 Å². The molecule has 1 amide bonds. The summed E-state index contributed by atoms with van der Waals surface area (Å²) < 4.78 is 0. The minimum atomic E-state index is 0.0297. The summed E-state index contributed by atoms with van der Waals surface area (Å²) in [7, 11) is 3.84. The van der Waals surface area contributed by atoms with E-state index in [1.807, 2.05) is 23.9 Å². The summed E-state index contributed by atoms with van der Waals surface area (Å²) in [6.07, 6.45) is 4.28. The summed E-state index contributed by atoms with van der Waals surface area (Å²) in [5.74, 6) is 0.215. The first-order valence-electron chi connectivity index (χ1n) is 6.14. The van der Waals surface area contributed by atoms with Gasteiger partial charge in [0.2, 0.25) is 5.91 Å². The maximum Gasteiger partial charge on any atom is 0.236 e. The number of carbonyl (C=O) groups excluding carboxylic acids is 1. The molecule has 1 aliphatic heterocycles. The quantitative estimate of drug-likeness (QED) is 0.753. The van der Waals surface area contributed by atoms with Gasteiger partial charge in [0.15, 0.2) is 0 Å². The van der Waals surface area contributed by atoms with E-state index in [1.165, 1.54) is 0 Å². The number of fused-ring (bicyclic) bond motifs is 1. The van der Waals surface area contributed by atoms with Crippen molar-refractivity contribution >= 4 is 5.91 Å². The maximum atomic E-state index is 12.1. The number of nitrogens with zero attached hydrogens (tertiary/aromatic N) is 2. The number of hydrogen-bond donors (Lipinski definition) is 1. The van der Waals surface area contributed by atoms with Gasteiger partial charge in [-0.25, -0.2) is 0 Å². The van der Waals surface area contributed by atoms with Gasteiger partial charge >= 0.3 is 0 Å². The van der Waals surface area contributed by atoms with Gasteiger partial charge < -0.3 is 14.9 Å². The van der Waals surface area contributed by atoms with Crippen LogP contribution in [0.1, 0.15) is 25.7 Å². The topological polar surface area (TPSA) is 43.8 Å². The second-order valence-corrected chi connectivity index (χ2v) is 5.50. The molecule has 2 atom stereocenters. The first-order chi connectivity index (χ1) is 7.59. The highest BCUT2D eigenvalue weighted by Crippen LogP contribution is 2.48. The summed E-state index contributed by atoms with van der Waals surface area (Å²) in [5, 5.41) is 9.56. The Morgan fingerprint density at radius 1 is 1.50 bits per heavy atom. The lowest BCUT2D eigenvalue weighted by Crippen LogP contribution is -2.44. The van der Waals surface area contributed by atoms with E-state index < -0.39 is 0 Å². The third-order valence-corrected chi connectivity index (χ3v) is 4.17. The molecule has 0 aromatic rings. The van der Waals surface area contributed by atoms with Crippen molar-refractivity contribution < 1.29 is 9.90 Å². The fourth-order valence-electron chi connectivity index (χ4n) is 3.32. The van der Waals surface area contributed by atoms with Crippen LogP contribution in [-0.2, 0) is 4.79 Å². The van der Waals surface area contributed by atoms with Gasteiger partial charge in [-0.2, -0.15) is 0 Å². The third kappa shape index (κ3) is 1.84. The highest BCUT2D eigenvalue weighted by molar-refractivity contribution is 5.79. The molecule has 0 bridgehead atoms. The summed E-state index contributed by atoms with van der Waals surface area (Å²) in [6, 6.07) is 0.296. The molecule has 2 fully saturated rings. The number of amides is 1. The first-order valence-corrected chi connectivity index (χ1v) is 6.14. The standard InChI is InChI=1S/C12H22N2O2/c1-13(2)8-11(16)14-7-6-12(9-15)5-3-4-10(12)14/h10,15H,3-9H2,1-2H3/t10-,12-/m1/s1. The Hall–Kier alpha value is -0.610. The maximum absolute atomic E-state index is 12.1. The molecule has 0 aromatic heterocycles. The van der Waals surface area contributed by atoms with Crippen LogP contribution in [0.25, 0.3) is 0 Å². The average molecular weight is 226 g/mol. The van der Waals surface area contributed by atoms with E-state index in [-0.39, 0.29) is 17.9 Å². The largest absolute Gasteiger partial charge is 0.396 e. The monoisotopic (exact) mass is 226 g/mol.